The highest BCUT2D eigenvalue weighted by atomic mass is 19.1. The van der Waals surface area contributed by atoms with Crippen LogP contribution in [0.1, 0.15) is 54.4 Å². The third-order valence-corrected chi connectivity index (χ3v) is 5.46. The van der Waals surface area contributed by atoms with Crippen LogP contribution in [0.2, 0.25) is 0 Å². The Morgan fingerprint density at radius 2 is 1.92 bits per heavy atom. The van der Waals surface area contributed by atoms with E-state index in [9.17, 15) is 14.3 Å². The quantitative estimate of drug-likeness (QED) is 0.893. The number of hydrogen-bond donors (Lipinski definition) is 2. The van der Waals surface area contributed by atoms with Crippen molar-refractivity contribution in [3.05, 3.63) is 35.1 Å². The van der Waals surface area contributed by atoms with Crippen molar-refractivity contribution in [2.45, 2.75) is 63.6 Å². The van der Waals surface area contributed by atoms with Crippen LogP contribution >= 0.6 is 0 Å². The number of carbonyl (C=O) groups excluding carboxylic acids is 1. The number of hydrogen-bond acceptors (Lipinski definition) is 3. The molecule has 3 rings (SSSR count). The Balaban J connectivity index is 1.51. The van der Waals surface area contributed by atoms with Gasteiger partial charge in [-0.3, -0.25) is 9.69 Å². The monoisotopic (exact) mass is 334 g/mol. The van der Waals surface area contributed by atoms with Gasteiger partial charge in [-0.2, -0.15) is 0 Å². The molecular weight excluding hydrogens is 307 g/mol. The largest absolute Gasteiger partial charge is 0.391 e. The standard InChI is InChI=1S/C19H27FN2O2/c1-13-6-7-14(12-16(13)20)19(24)21-15-8-10-22(11-9-15)17-4-2-3-5-18(17)23/h6-7,12,15,17-18,23H,2-5,8-11H2,1H3,(H,21,24). The number of nitrogens with one attached hydrogen (secondary N) is 1. The summed E-state index contributed by atoms with van der Waals surface area (Å²) in [5.74, 6) is -0.547. The summed E-state index contributed by atoms with van der Waals surface area (Å²) in [4.78, 5) is 14.7. The molecule has 0 radical (unpaired) electrons. The van der Waals surface area contributed by atoms with Crippen molar-refractivity contribution in [2.24, 2.45) is 0 Å². The molecule has 1 saturated heterocycles. The Kier molecular flexibility index (Phi) is 5.51. The van der Waals surface area contributed by atoms with Gasteiger partial charge < -0.3 is 10.4 Å². The number of rotatable bonds is 3. The van der Waals surface area contributed by atoms with E-state index in [4.69, 9.17) is 0 Å². The smallest absolute Gasteiger partial charge is 0.251 e. The minimum absolute atomic E-state index is 0.124. The van der Waals surface area contributed by atoms with Crippen LogP contribution in [-0.2, 0) is 0 Å². The van der Waals surface area contributed by atoms with Crippen molar-refractivity contribution in [2.75, 3.05) is 13.1 Å². The van der Waals surface area contributed by atoms with Crippen molar-refractivity contribution in [1.82, 2.24) is 10.2 Å². The lowest BCUT2D eigenvalue weighted by Gasteiger charge is -2.41. The molecule has 2 N–H and O–H groups in total. The Morgan fingerprint density at radius 1 is 1.21 bits per heavy atom. The maximum atomic E-state index is 13.6. The Labute approximate surface area is 143 Å². The number of likely N-dealkylation sites (tertiary alicyclic amines) is 1. The SMILES string of the molecule is Cc1ccc(C(=O)NC2CCN(C3CCCCC3O)CC2)cc1F. The minimum Gasteiger partial charge on any atom is -0.391 e. The molecule has 1 aromatic carbocycles. The average molecular weight is 334 g/mol. The first-order valence-electron chi connectivity index (χ1n) is 9.03. The number of piperidine rings is 1. The van der Waals surface area contributed by atoms with E-state index in [1.54, 1.807) is 19.1 Å². The van der Waals surface area contributed by atoms with Gasteiger partial charge >= 0.3 is 0 Å². The molecule has 0 aromatic heterocycles. The fourth-order valence-corrected chi connectivity index (χ4v) is 3.90. The number of aliphatic hydroxyl groups excluding tert-OH is 1. The molecule has 0 bridgehead atoms. The number of aryl methyl sites for hydroxylation is 1. The van der Waals surface area contributed by atoms with Crippen LogP contribution in [0.4, 0.5) is 4.39 Å². The van der Waals surface area contributed by atoms with Gasteiger partial charge in [-0.15, -0.1) is 0 Å². The fourth-order valence-electron chi connectivity index (χ4n) is 3.90. The van der Waals surface area contributed by atoms with Crippen molar-refractivity contribution in [3.8, 4) is 0 Å². The van der Waals surface area contributed by atoms with E-state index < -0.39 is 0 Å². The second kappa shape index (κ2) is 7.62. The summed E-state index contributed by atoms with van der Waals surface area (Å²) in [7, 11) is 0. The fraction of sp³-hybridized carbons (Fsp3) is 0.632. The van der Waals surface area contributed by atoms with E-state index in [1.807, 2.05) is 0 Å². The summed E-state index contributed by atoms with van der Waals surface area (Å²) >= 11 is 0. The number of carbonyl (C=O) groups is 1. The van der Waals surface area contributed by atoms with Crippen molar-refractivity contribution in [1.29, 1.82) is 0 Å². The van der Waals surface area contributed by atoms with Gasteiger partial charge in [0.25, 0.3) is 5.91 Å². The number of benzene rings is 1. The average Bonchev–Trinajstić information content (AvgIpc) is 2.58. The van der Waals surface area contributed by atoms with Gasteiger partial charge in [0, 0.05) is 30.7 Å². The van der Waals surface area contributed by atoms with Gasteiger partial charge in [-0.1, -0.05) is 18.9 Å². The lowest BCUT2D eigenvalue weighted by Crippen LogP contribution is -2.52. The normalized spacial score (nSPS) is 26.3. The molecule has 1 amide bonds. The summed E-state index contributed by atoms with van der Waals surface area (Å²) in [6.07, 6.45) is 5.84. The zero-order valence-electron chi connectivity index (χ0n) is 14.3. The third kappa shape index (κ3) is 3.95. The van der Waals surface area contributed by atoms with Crippen molar-refractivity contribution in [3.63, 3.8) is 0 Å². The molecule has 132 valence electrons. The number of halogens is 1. The summed E-state index contributed by atoms with van der Waals surface area (Å²) < 4.78 is 13.6. The van der Waals surface area contributed by atoms with Crippen LogP contribution in [0.3, 0.4) is 0 Å². The van der Waals surface area contributed by atoms with Crippen molar-refractivity contribution >= 4 is 5.91 Å². The summed E-state index contributed by atoms with van der Waals surface area (Å²) in [5.41, 5.74) is 0.925. The molecule has 2 fully saturated rings. The summed E-state index contributed by atoms with van der Waals surface area (Å²) in [6.45, 7) is 3.48. The van der Waals surface area contributed by atoms with Crippen LogP contribution < -0.4 is 5.32 Å². The van der Waals surface area contributed by atoms with Crippen LogP contribution in [0.5, 0.6) is 0 Å². The maximum absolute atomic E-state index is 13.6. The van der Waals surface area contributed by atoms with Gasteiger partial charge in [0.15, 0.2) is 0 Å². The van der Waals surface area contributed by atoms with Crippen LogP contribution in [-0.4, -0.2) is 47.2 Å². The molecule has 1 aliphatic carbocycles. The van der Waals surface area contributed by atoms with Crippen molar-refractivity contribution < 1.29 is 14.3 Å². The van der Waals surface area contributed by atoms with E-state index in [-0.39, 0.29) is 29.9 Å². The summed E-state index contributed by atoms with van der Waals surface area (Å²) in [6, 6.07) is 5.01. The van der Waals surface area contributed by atoms with Gasteiger partial charge in [-0.05, 0) is 50.3 Å². The molecule has 4 nitrogen and oxygen atoms in total. The summed E-state index contributed by atoms with van der Waals surface area (Å²) in [5, 5.41) is 13.2. The molecule has 1 aromatic rings. The van der Waals surface area contributed by atoms with Gasteiger partial charge in [-0.25, -0.2) is 4.39 Å². The Hall–Kier alpha value is -1.46. The number of nitrogens with zero attached hydrogens (tertiary/aromatic N) is 1. The van der Waals surface area contributed by atoms with E-state index in [0.717, 1.165) is 45.2 Å². The predicted molar refractivity (Wildman–Crippen MR) is 91.5 cm³/mol. The van der Waals surface area contributed by atoms with Gasteiger partial charge in [0.2, 0.25) is 0 Å². The molecule has 2 atom stereocenters. The highest BCUT2D eigenvalue weighted by molar-refractivity contribution is 5.94. The Morgan fingerprint density at radius 3 is 2.58 bits per heavy atom. The maximum Gasteiger partial charge on any atom is 0.251 e. The van der Waals surface area contributed by atoms with E-state index in [1.165, 1.54) is 12.5 Å². The molecule has 2 unspecified atom stereocenters. The lowest BCUT2D eigenvalue weighted by molar-refractivity contribution is 0.00727. The second-order valence-electron chi connectivity index (χ2n) is 7.17. The lowest BCUT2D eigenvalue weighted by atomic mass is 9.89. The highest BCUT2D eigenvalue weighted by Crippen LogP contribution is 2.26. The molecular formula is C19H27FN2O2. The zero-order valence-corrected chi connectivity index (χ0v) is 14.3. The van der Waals surface area contributed by atoms with Crippen LogP contribution in [0, 0.1) is 12.7 Å². The zero-order chi connectivity index (χ0) is 17.1. The first-order chi connectivity index (χ1) is 11.5. The highest BCUT2D eigenvalue weighted by Gasteiger charge is 2.31. The molecule has 0 spiro atoms. The number of aliphatic hydroxyl groups is 1. The van der Waals surface area contributed by atoms with E-state index in [2.05, 4.69) is 10.2 Å². The first kappa shape index (κ1) is 17.4. The first-order valence-corrected chi connectivity index (χ1v) is 9.03. The van der Waals surface area contributed by atoms with Crippen LogP contribution in [0.25, 0.3) is 0 Å². The predicted octanol–water partition coefficient (Wildman–Crippen LogP) is 2.63. The second-order valence-corrected chi connectivity index (χ2v) is 7.17. The molecule has 1 heterocycles. The molecule has 24 heavy (non-hydrogen) atoms. The van der Waals surface area contributed by atoms with Crippen LogP contribution in [0.15, 0.2) is 18.2 Å². The topological polar surface area (TPSA) is 52.6 Å². The van der Waals surface area contributed by atoms with E-state index in [0.29, 0.717) is 11.1 Å². The molecule has 2 aliphatic rings. The van der Waals surface area contributed by atoms with Gasteiger partial charge in [0.1, 0.15) is 5.82 Å². The molecule has 5 heteroatoms. The van der Waals surface area contributed by atoms with E-state index >= 15 is 0 Å². The Bertz CT molecular complexity index is 585. The minimum atomic E-state index is -0.344. The molecule has 1 aliphatic heterocycles. The number of amides is 1. The van der Waals surface area contributed by atoms with Gasteiger partial charge in [0.05, 0.1) is 6.10 Å². The molecule has 1 saturated carbocycles. The third-order valence-electron chi connectivity index (χ3n) is 5.46.